The van der Waals surface area contributed by atoms with Gasteiger partial charge in [0.15, 0.2) is 0 Å². The molecular weight excluding hydrogens is 196 g/mol. The Labute approximate surface area is 98.0 Å². The van der Waals surface area contributed by atoms with Gasteiger partial charge in [-0.25, -0.2) is 0 Å². The van der Waals surface area contributed by atoms with E-state index in [9.17, 15) is 0 Å². The van der Waals surface area contributed by atoms with Crippen molar-refractivity contribution in [2.45, 2.75) is 32.0 Å². The van der Waals surface area contributed by atoms with Crippen LogP contribution in [-0.4, -0.2) is 17.6 Å². The second-order valence-electron chi connectivity index (χ2n) is 4.30. The number of rotatable bonds is 4. The first-order chi connectivity index (χ1) is 7.90. The van der Waals surface area contributed by atoms with Gasteiger partial charge in [0.2, 0.25) is 0 Å². The van der Waals surface area contributed by atoms with E-state index in [-0.39, 0.29) is 0 Å². The Morgan fingerprint density at radius 1 is 1.31 bits per heavy atom. The predicted molar refractivity (Wildman–Crippen MR) is 67.8 cm³/mol. The lowest BCUT2D eigenvalue weighted by Gasteiger charge is -2.35. The summed E-state index contributed by atoms with van der Waals surface area (Å²) in [4.78, 5) is 2.31. The van der Waals surface area contributed by atoms with E-state index < -0.39 is 0 Å². The fourth-order valence-corrected chi connectivity index (χ4v) is 2.22. The molecular formula is C14H20N2. The van der Waals surface area contributed by atoms with Crippen molar-refractivity contribution < 1.29 is 0 Å². The SMILES string of the molecule is C=CN1CCCCC1NCc1ccccc1. The average Bonchev–Trinajstić information content (AvgIpc) is 2.38. The summed E-state index contributed by atoms with van der Waals surface area (Å²) < 4.78 is 0. The van der Waals surface area contributed by atoms with Crippen molar-refractivity contribution in [3.63, 3.8) is 0 Å². The third-order valence-corrected chi connectivity index (χ3v) is 3.16. The summed E-state index contributed by atoms with van der Waals surface area (Å²) >= 11 is 0. The van der Waals surface area contributed by atoms with Gasteiger partial charge in [0, 0.05) is 13.1 Å². The third kappa shape index (κ3) is 2.86. The van der Waals surface area contributed by atoms with Gasteiger partial charge < -0.3 is 4.90 Å². The molecule has 0 bridgehead atoms. The van der Waals surface area contributed by atoms with Crippen molar-refractivity contribution in [1.29, 1.82) is 0 Å². The van der Waals surface area contributed by atoms with Gasteiger partial charge in [0.1, 0.15) is 0 Å². The molecule has 1 aliphatic rings. The van der Waals surface area contributed by atoms with Crippen LogP contribution in [-0.2, 0) is 6.54 Å². The zero-order valence-corrected chi connectivity index (χ0v) is 9.73. The minimum absolute atomic E-state index is 0.464. The van der Waals surface area contributed by atoms with Gasteiger partial charge in [-0.15, -0.1) is 0 Å². The molecule has 0 radical (unpaired) electrons. The van der Waals surface area contributed by atoms with E-state index in [0.717, 1.165) is 13.1 Å². The minimum Gasteiger partial charge on any atom is -0.363 e. The molecule has 0 aromatic heterocycles. The van der Waals surface area contributed by atoms with Crippen molar-refractivity contribution in [2.24, 2.45) is 0 Å². The Morgan fingerprint density at radius 2 is 2.12 bits per heavy atom. The van der Waals surface area contributed by atoms with Crippen LogP contribution in [0.5, 0.6) is 0 Å². The summed E-state index contributed by atoms with van der Waals surface area (Å²) in [7, 11) is 0. The van der Waals surface area contributed by atoms with E-state index >= 15 is 0 Å². The Kier molecular flexibility index (Phi) is 4.00. The van der Waals surface area contributed by atoms with Crippen molar-refractivity contribution in [3.8, 4) is 0 Å². The molecule has 0 amide bonds. The zero-order chi connectivity index (χ0) is 11.2. The van der Waals surface area contributed by atoms with Crippen LogP contribution in [0.2, 0.25) is 0 Å². The van der Waals surface area contributed by atoms with Crippen LogP contribution in [0.3, 0.4) is 0 Å². The van der Waals surface area contributed by atoms with E-state index in [2.05, 4.69) is 47.1 Å². The summed E-state index contributed by atoms with van der Waals surface area (Å²) in [6.07, 6.45) is 6.25. The molecule has 2 nitrogen and oxygen atoms in total. The van der Waals surface area contributed by atoms with Gasteiger partial charge in [-0.1, -0.05) is 36.9 Å². The molecule has 1 aliphatic heterocycles. The maximum atomic E-state index is 3.88. The van der Waals surface area contributed by atoms with Gasteiger partial charge in [0.05, 0.1) is 6.17 Å². The molecule has 1 heterocycles. The van der Waals surface area contributed by atoms with Crippen molar-refractivity contribution in [2.75, 3.05) is 6.54 Å². The van der Waals surface area contributed by atoms with Crippen molar-refractivity contribution in [1.82, 2.24) is 10.2 Å². The Hall–Kier alpha value is -1.28. The highest BCUT2D eigenvalue weighted by atomic mass is 15.3. The zero-order valence-electron chi connectivity index (χ0n) is 9.73. The molecule has 1 saturated heterocycles. The highest BCUT2D eigenvalue weighted by molar-refractivity contribution is 5.14. The van der Waals surface area contributed by atoms with Gasteiger partial charge >= 0.3 is 0 Å². The summed E-state index contributed by atoms with van der Waals surface area (Å²) in [6.45, 7) is 5.95. The molecule has 1 fully saturated rings. The third-order valence-electron chi connectivity index (χ3n) is 3.16. The van der Waals surface area contributed by atoms with E-state index in [1.165, 1.54) is 24.8 Å². The lowest BCUT2D eigenvalue weighted by Crippen LogP contribution is -2.45. The molecule has 86 valence electrons. The number of hydrogen-bond acceptors (Lipinski definition) is 2. The van der Waals surface area contributed by atoms with Crippen molar-refractivity contribution >= 4 is 0 Å². The van der Waals surface area contributed by atoms with Crippen LogP contribution >= 0.6 is 0 Å². The largest absolute Gasteiger partial charge is 0.363 e. The van der Waals surface area contributed by atoms with Gasteiger partial charge in [0.25, 0.3) is 0 Å². The minimum atomic E-state index is 0.464. The summed E-state index contributed by atoms with van der Waals surface area (Å²) in [6, 6.07) is 10.6. The van der Waals surface area contributed by atoms with Gasteiger partial charge in [-0.05, 0) is 31.0 Å². The molecule has 1 unspecified atom stereocenters. The molecule has 1 atom stereocenters. The van der Waals surface area contributed by atoms with Crippen LogP contribution in [0.25, 0.3) is 0 Å². The van der Waals surface area contributed by atoms with E-state index in [1.807, 2.05) is 6.20 Å². The predicted octanol–water partition coefficient (Wildman–Crippen LogP) is 2.73. The Bertz CT molecular complexity index is 321. The van der Waals surface area contributed by atoms with Crippen LogP contribution < -0.4 is 5.32 Å². The second-order valence-corrected chi connectivity index (χ2v) is 4.30. The van der Waals surface area contributed by atoms with Gasteiger partial charge in [-0.2, -0.15) is 0 Å². The van der Waals surface area contributed by atoms with Crippen LogP contribution in [0, 0.1) is 0 Å². The normalized spacial score (nSPS) is 20.8. The maximum Gasteiger partial charge on any atom is 0.0792 e. The molecule has 2 rings (SSSR count). The number of likely N-dealkylation sites (tertiary alicyclic amines) is 1. The molecule has 0 saturated carbocycles. The highest BCUT2D eigenvalue weighted by Gasteiger charge is 2.17. The first-order valence-electron chi connectivity index (χ1n) is 6.06. The fraction of sp³-hybridized carbons (Fsp3) is 0.429. The maximum absolute atomic E-state index is 3.88. The molecule has 0 spiro atoms. The molecule has 1 aromatic carbocycles. The van der Waals surface area contributed by atoms with Crippen LogP contribution in [0.15, 0.2) is 43.1 Å². The van der Waals surface area contributed by atoms with Crippen LogP contribution in [0.1, 0.15) is 24.8 Å². The second kappa shape index (κ2) is 5.71. The fourth-order valence-electron chi connectivity index (χ4n) is 2.22. The lowest BCUT2D eigenvalue weighted by molar-refractivity contribution is 0.177. The van der Waals surface area contributed by atoms with Crippen molar-refractivity contribution in [3.05, 3.63) is 48.7 Å². The molecule has 1 N–H and O–H groups in total. The summed E-state index contributed by atoms with van der Waals surface area (Å²) in [5.41, 5.74) is 1.34. The van der Waals surface area contributed by atoms with E-state index in [1.54, 1.807) is 0 Å². The van der Waals surface area contributed by atoms with E-state index in [0.29, 0.717) is 6.17 Å². The quantitative estimate of drug-likeness (QED) is 0.832. The number of benzene rings is 1. The molecule has 2 heteroatoms. The average molecular weight is 216 g/mol. The topological polar surface area (TPSA) is 15.3 Å². The molecule has 16 heavy (non-hydrogen) atoms. The smallest absolute Gasteiger partial charge is 0.0792 e. The Balaban J connectivity index is 1.86. The highest BCUT2D eigenvalue weighted by Crippen LogP contribution is 2.15. The molecule has 0 aliphatic carbocycles. The first-order valence-corrected chi connectivity index (χ1v) is 6.06. The summed E-state index contributed by atoms with van der Waals surface area (Å²) in [5.74, 6) is 0. The standard InChI is InChI=1S/C14H20N2/c1-2-16-11-7-6-10-14(16)15-12-13-8-4-3-5-9-13/h2-5,8-9,14-15H,1,6-7,10-12H2. The van der Waals surface area contributed by atoms with Gasteiger partial charge in [-0.3, -0.25) is 5.32 Å². The number of nitrogens with one attached hydrogen (secondary N) is 1. The molecule has 1 aromatic rings. The number of hydrogen-bond donors (Lipinski definition) is 1. The first kappa shape index (κ1) is 11.2. The number of nitrogens with zero attached hydrogens (tertiary/aromatic N) is 1. The summed E-state index contributed by atoms with van der Waals surface area (Å²) in [5, 5.41) is 3.59. The monoisotopic (exact) mass is 216 g/mol. The van der Waals surface area contributed by atoms with Crippen LogP contribution in [0.4, 0.5) is 0 Å². The van der Waals surface area contributed by atoms with E-state index in [4.69, 9.17) is 0 Å². The lowest BCUT2D eigenvalue weighted by atomic mass is 10.1. The number of piperidine rings is 1. The Morgan fingerprint density at radius 3 is 2.88 bits per heavy atom.